The third-order valence-electron chi connectivity index (χ3n) is 3.62. The minimum Gasteiger partial charge on any atom is -0.393 e. The minimum absolute atomic E-state index is 0.0476. The maximum Gasteiger partial charge on any atom is 0.0542 e. The third kappa shape index (κ3) is 6.19. The van der Waals surface area contributed by atoms with Crippen LogP contribution in [0.4, 0.5) is 0 Å². The van der Waals surface area contributed by atoms with Crippen LogP contribution in [0.3, 0.4) is 0 Å². The number of aliphatic hydroxyl groups excluding tert-OH is 1. The normalized spacial score (nSPS) is 20.8. The van der Waals surface area contributed by atoms with Crippen LogP contribution >= 0.6 is 0 Å². The molecule has 0 aromatic carbocycles. The van der Waals surface area contributed by atoms with E-state index in [1.54, 1.807) is 0 Å². The molecule has 1 rings (SSSR count). The first kappa shape index (κ1) is 13.0. The Balaban J connectivity index is 1.99. The Morgan fingerprint density at radius 2 is 1.80 bits per heavy atom. The van der Waals surface area contributed by atoms with Gasteiger partial charge in [0, 0.05) is 0 Å². The molecule has 1 saturated carbocycles. The lowest BCUT2D eigenvalue weighted by atomic mass is 9.85. The third-order valence-corrected chi connectivity index (χ3v) is 3.62. The summed E-state index contributed by atoms with van der Waals surface area (Å²) < 4.78 is 0. The molecule has 1 fully saturated rings. The van der Waals surface area contributed by atoms with E-state index in [9.17, 15) is 5.11 Å². The van der Waals surface area contributed by atoms with Crippen LogP contribution in [0.5, 0.6) is 0 Å². The second-order valence-electron chi connectivity index (χ2n) is 5.72. The molecule has 0 unspecified atom stereocenters. The van der Waals surface area contributed by atoms with E-state index < -0.39 is 0 Å². The van der Waals surface area contributed by atoms with Crippen LogP contribution in [0.1, 0.15) is 71.6 Å². The van der Waals surface area contributed by atoms with Gasteiger partial charge in [0.2, 0.25) is 0 Å². The zero-order chi connectivity index (χ0) is 11.1. The Morgan fingerprint density at radius 1 is 1.13 bits per heavy atom. The molecule has 0 saturated heterocycles. The summed E-state index contributed by atoms with van der Waals surface area (Å²) in [6.45, 7) is 4.37. The van der Waals surface area contributed by atoms with Gasteiger partial charge in [0.15, 0.2) is 0 Å². The zero-order valence-corrected chi connectivity index (χ0v) is 10.5. The number of rotatable bonds is 6. The fraction of sp³-hybridized carbons (Fsp3) is 1.00. The molecule has 1 aliphatic rings. The van der Waals surface area contributed by atoms with Crippen LogP contribution in [0.15, 0.2) is 0 Å². The van der Waals surface area contributed by atoms with Gasteiger partial charge < -0.3 is 5.11 Å². The molecule has 0 radical (unpaired) electrons. The fourth-order valence-electron chi connectivity index (χ4n) is 2.78. The Kier molecular flexibility index (Phi) is 6.31. The summed E-state index contributed by atoms with van der Waals surface area (Å²) in [4.78, 5) is 0. The molecule has 0 heterocycles. The first-order valence-corrected chi connectivity index (χ1v) is 6.86. The van der Waals surface area contributed by atoms with Gasteiger partial charge in [0.1, 0.15) is 0 Å². The molecular weight excluding hydrogens is 184 g/mol. The zero-order valence-electron chi connectivity index (χ0n) is 10.5. The van der Waals surface area contributed by atoms with Gasteiger partial charge in [0.05, 0.1) is 6.10 Å². The van der Waals surface area contributed by atoms with Crippen LogP contribution in [0, 0.1) is 11.8 Å². The lowest BCUT2D eigenvalue weighted by molar-refractivity contribution is 0.133. The van der Waals surface area contributed by atoms with Crippen molar-refractivity contribution in [3.05, 3.63) is 0 Å². The van der Waals surface area contributed by atoms with E-state index in [2.05, 4.69) is 13.8 Å². The lowest BCUT2D eigenvalue weighted by Gasteiger charge is -2.22. The molecule has 0 aromatic heterocycles. The van der Waals surface area contributed by atoms with Crippen molar-refractivity contribution in [2.24, 2.45) is 11.8 Å². The second kappa shape index (κ2) is 7.27. The molecule has 0 amide bonds. The predicted molar refractivity (Wildman–Crippen MR) is 65.9 cm³/mol. The van der Waals surface area contributed by atoms with Gasteiger partial charge in [0.25, 0.3) is 0 Å². The standard InChI is InChI=1S/C14H28O/c1-12(2)11-14(15)10-6-9-13-7-4-3-5-8-13/h12-15H,3-11H2,1-2H3/t14-/m1/s1. The van der Waals surface area contributed by atoms with E-state index in [1.165, 1.54) is 44.9 Å². The number of aliphatic hydroxyl groups is 1. The monoisotopic (exact) mass is 212 g/mol. The molecular formula is C14H28O. The average Bonchev–Trinajstić information content (AvgIpc) is 2.18. The summed E-state index contributed by atoms with van der Waals surface area (Å²) in [5, 5.41) is 9.75. The highest BCUT2D eigenvalue weighted by atomic mass is 16.3. The molecule has 1 atom stereocenters. The minimum atomic E-state index is -0.0476. The number of hydrogen-bond acceptors (Lipinski definition) is 1. The molecule has 0 bridgehead atoms. The van der Waals surface area contributed by atoms with Crippen molar-refractivity contribution in [3.8, 4) is 0 Å². The molecule has 1 N–H and O–H groups in total. The van der Waals surface area contributed by atoms with Gasteiger partial charge >= 0.3 is 0 Å². The van der Waals surface area contributed by atoms with E-state index in [0.717, 1.165) is 18.8 Å². The van der Waals surface area contributed by atoms with Gasteiger partial charge in [-0.15, -0.1) is 0 Å². The Labute approximate surface area is 95.3 Å². The van der Waals surface area contributed by atoms with Crippen molar-refractivity contribution < 1.29 is 5.11 Å². The first-order valence-electron chi connectivity index (χ1n) is 6.86. The van der Waals surface area contributed by atoms with Crippen molar-refractivity contribution in [2.45, 2.75) is 77.7 Å². The van der Waals surface area contributed by atoms with Crippen LogP contribution in [0.2, 0.25) is 0 Å². The van der Waals surface area contributed by atoms with E-state index >= 15 is 0 Å². The lowest BCUT2D eigenvalue weighted by Crippen LogP contribution is -2.12. The SMILES string of the molecule is CC(C)C[C@H](O)CCCC1CCCCC1. The molecule has 0 aromatic rings. The molecule has 0 aliphatic heterocycles. The Bertz CT molecular complexity index is 147. The maximum absolute atomic E-state index is 9.75. The molecule has 0 spiro atoms. The van der Waals surface area contributed by atoms with Gasteiger partial charge in [-0.2, -0.15) is 0 Å². The van der Waals surface area contributed by atoms with Gasteiger partial charge in [-0.05, 0) is 24.7 Å². The average molecular weight is 212 g/mol. The van der Waals surface area contributed by atoms with E-state index in [-0.39, 0.29) is 6.10 Å². The highest BCUT2D eigenvalue weighted by Crippen LogP contribution is 2.28. The van der Waals surface area contributed by atoms with E-state index in [4.69, 9.17) is 0 Å². The smallest absolute Gasteiger partial charge is 0.0542 e. The summed E-state index contributed by atoms with van der Waals surface area (Å²) in [6, 6.07) is 0. The van der Waals surface area contributed by atoms with Crippen molar-refractivity contribution in [1.29, 1.82) is 0 Å². The highest BCUT2D eigenvalue weighted by Gasteiger charge is 2.14. The summed E-state index contributed by atoms with van der Waals surface area (Å²) in [5.74, 6) is 1.61. The van der Waals surface area contributed by atoms with E-state index in [1.807, 2.05) is 0 Å². The summed E-state index contributed by atoms with van der Waals surface area (Å²) in [5.41, 5.74) is 0. The molecule has 90 valence electrons. The van der Waals surface area contributed by atoms with Crippen molar-refractivity contribution in [3.63, 3.8) is 0 Å². The summed E-state index contributed by atoms with van der Waals surface area (Å²) in [6.07, 6.45) is 11.8. The maximum atomic E-state index is 9.75. The van der Waals surface area contributed by atoms with Crippen LogP contribution in [-0.2, 0) is 0 Å². The van der Waals surface area contributed by atoms with Crippen molar-refractivity contribution in [2.75, 3.05) is 0 Å². The Hall–Kier alpha value is -0.0400. The van der Waals surface area contributed by atoms with Gasteiger partial charge in [-0.25, -0.2) is 0 Å². The topological polar surface area (TPSA) is 20.2 Å². The molecule has 1 aliphatic carbocycles. The summed E-state index contributed by atoms with van der Waals surface area (Å²) in [7, 11) is 0. The van der Waals surface area contributed by atoms with Crippen LogP contribution in [0.25, 0.3) is 0 Å². The fourth-order valence-corrected chi connectivity index (χ4v) is 2.78. The first-order chi connectivity index (χ1) is 7.18. The Morgan fingerprint density at radius 3 is 2.40 bits per heavy atom. The quantitative estimate of drug-likeness (QED) is 0.701. The van der Waals surface area contributed by atoms with E-state index in [0.29, 0.717) is 5.92 Å². The molecule has 15 heavy (non-hydrogen) atoms. The molecule has 1 heteroatoms. The number of hydrogen-bond donors (Lipinski definition) is 1. The molecule has 1 nitrogen and oxygen atoms in total. The second-order valence-corrected chi connectivity index (χ2v) is 5.72. The largest absolute Gasteiger partial charge is 0.393 e. The van der Waals surface area contributed by atoms with Crippen molar-refractivity contribution >= 4 is 0 Å². The van der Waals surface area contributed by atoms with Gasteiger partial charge in [-0.1, -0.05) is 58.8 Å². The predicted octanol–water partition coefficient (Wildman–Crippen LogP) is 4.14. The summed E-state index contributed by atoms with van der Waals surface area (Å²) >= 11 is 0. The van der Waals surface area contributed by atoms with Crippen LogP contribution < -0.4 is 0 Å². The highest BCUT2D eigenvalue weighted by molar-refractivity contribution is 4.67. The van der Waals surface area contributed by atoms with Gasteiger partial charge in [-0.3, -0.25) is 0 Å². The van der Waals surface area contributed by atoms with Crippen molar-refractivity contribution in [1.82, 2.24) is 0 Å². The van der Waals surface area contributed by atoms with Crippen LogP contribution in [-0.4, -0.2) is 11.2 Å².